The molecular weight excluding hydrogens is 166 g/mol. The Hall–Kier alpha value is -1.09. The van der Waals surface area contributed by atoms with Gasteiger partial charge in [-0.2, -0.15) is 0 Å². The molecular formula is C10H17NO2. The molecule has 0 fully saturated rings. The molecule has 0 aromatic carbocycles. The number of aliphatic hydroxyl groups is 1. The van der Waals surface area contributed by atoms with E-state index in [2.05, 4.69) is 13.2 Å². The summed E-state index contributed by atoms with van der Waals surface area (Å²) >= 11 is 0. The minimum absolute atomic E-state index is 0.313. The van der Waals surface area contributed by atoms with E-state index in [0.717, 1.165) is 0 Å². The Labute approximate surface area is 79.4 Å². The van der Waals surface area contributed by atoms with Crippen molar-refractivity contribution >= 4 is 5.91 Å². The highest BCUT2D eigenvalue weighted by molar-refractivity contribution is 5.84. The summed E-state index contributed by atoms with van der Waals surface area (Å²) in [7, 11) is 0. The summed E-state index contributed by atoms with van der Waals surface area (Å²) in [5, 5.41) is 9.45. The first-order valence-corrected chi connectivity index (χ1v) is 4.17. The third-order valence-corrected chi connectivity index (χ3v) is 1.51. The highest BCUT2D eigenvalue weighted by Gasteiger charge is 2.27. The van der Waals surface area contributed by atoms with Crippen LogP contribution in [-0.2, 0) is 4.79 Å². The number of rotatable bonds is 5. The van der Waals surface area contributed by atoms with Gasteiger partial charge in [-0.1, -0.05) is 12.2 Å². The van der Waals surface area contributed by atoms with Crippen molar-refractivity contribution in [1.29, 1.82) is 0 Å². The van der Waals surface area contributed by atoms with Crippen molar-refractivity contribution in [2.45, 2.75) is 19.4 Å². The van der Waals surface area contributed by atoms with Crippen LogP contribution in [0.4, 0.5) is 0 Å². The lowest BCUT2D eigenvalue weighted by Crippen LogP contribution is -2.45. The van der Waals surface area contributed by atoms with Crippen LogP contribution in [0.5, 0.6) is 0 Å². The summed E-state index contributed by atoms with van der Waals surface area (Å²) in [6.45, 7) is 10.9. The van der Waals surface area contributed by atoms with Gasteiger partial charge in [-0.15, -0.1) is 13.2 Å². The number of carbonyl (C=O) groups is 1. The molecule has 3 heteroatoms. The zero-order valence-corrected chi connectivity index (χ0v) is 8.29. The van der Waals surface area contributed by atoms with E-state index in [0.29, 0.717) is 13.1 Å². The van der Waals surface area contributed by atoms with Crippen molar-refractivity contribution in [3.63, 3.8) is 0 Å². The van der Waals surface area contributed by atoms with Gasteiger partial charge >= 0.3 is 0 Å². The molecule has 0 aliphatic carbocycles. The number of nitrogens with zero attached hydrogens (tertiary/aromatic N) is 1. The van der Waals surface area contributed by atoms with Gasteiger partial charge in [0.1, 0.15) is 5.60 Å². The molecule has 1 N–H and O–H groups in total. The van der Waals surface area contributed by atoms with Gasteiger partial charge in [0, 0.05) is 13.1 Å². The smallest absolute Gasteiger partial charge is 0.254 e. The molecule has 1 amide bonds. The van der Waals surface area contributed by atoms with E-state index in [9.17, 15) is 9.90 Å². The average molecular weight is 183 g/mol. The van der Waals surface area contributed by atoms with Crippen LogP contribution in [0.25, 0.3) is 0 Å². The Morgan fingerprint density at radius 1 is 1.38 bits per heavy atom. The summed E-state index contributed by atoms with van der Waals surface area (Å²) in [4.78, 5) is 13.0. The van der Waals surface area contributed by atoms with Crippen LogP contribution in [0.1, 0.15) is 13.8 Å². The van der Waals surface area contributed by atoms with Gasteiger partial charge in [-0.05, 0) is 13.8 Å². The molecule has 0 unspecified atom stereocenters. The summed E-state index contributed by atoms with van der Waals surface area (Å²) < 4.78 is 0. The van der Waals surface area contributed by atoms with Crippen molar-refractivity contribution in [2.75, 3.05) is 13.1 Å². The minimum Gasteiger partial charge on any atom is -0.381 e. The van der Waals surface area contributed by atoms with Crippen LogP contribution in [0.2, 0.25) is 0 Å². The molecule has 3 nitrogen and oxygen atoms in total. The lowest BCUT2D eigenvalue weighted by Gasteiger charge is -2.26. The molecule has 0 aliphatic heterocycles. The highest BCUT2D eigenvalue weighted by atomic mass is 16.3. The summed E-state index contributed by atoms with van der Waals surface area (Å²) in [6.07, 6.45) is 3.24. The second-order valence-corrected chi connectivity index (χ2v) is 3.35. The SMILES string of the molecule is C=CCN(CC=C)C(=O)C(C)(C)O. The zero-order valence-electron chi connectivity index (χ0n) is 8.29. The molecule has 0 radical (unpaired) electrons. The first kappa shape index (κ1) is 11.9. The Bertz CT molecular complexity index is 193. The van der Waals surface area contributed by atoms with E-state index in [4.69, 9.17) is 0 Å². The first-order valence-electron chi connectivity index (χ1n) is 4.17. The predicted molar refractivity (Wildman–Crippen MR) is 53.3 cm³/mol. The Kier molecular flexibility index (Phi) is 4.42. The van der Waals surface area contributed by atoms with Crippen molar-refractivity contribution in [1.82, 2.24) is 4.90 Å². The van der Waals surface area contributed by atoms with Gasteiger partial charge in [0.15, 0.2) is 0 Å². The molecule has 0 saturated carbocycles. The van der Waals surface area contributed by atoms with Crippen LogP contribution >= 0.6 is 0 Å². The van der Waals surface area contributed by atoms with E-state index in [1.54, 1.807) is 12.2 Å². The summed E-state index contributed by atoms with van der Waals surface area (Å²) in [6, 6.07) is 0. The van der Waals surface area contributed by atoms with Crippen molar-refractivity contribution in [3.8, 4) is 0 Å². The highest BCUT2D eigenvalue weighted by Crippen LogP contribution is 2.07. The van der Waals surface area contributed by atoms with Crippen LogP contribution < -0.4 is 0 Å². The fourth-order valence-electron chi connectivity index (χ4n) is 0.939. The summed E-state index contributed by atoms with van der Waals surface area (Å²) in [5.74, 6) is -0.313. The van der Waals surface area contributed by atoms with Crippen LogP contribution in [0, 0.1) is 0 Å². The first-order chi connectivity index (χ1) is 5.93. The number of carbonyl (C=O) groups excluding carboxylic acids is 1. The summed E-state index contributed by atoms with van der Waals surface area (Å²) in [5.41, 5.74) is -1.33. The fourth-order valence-corrected chi connectivity index (χ4v) is 0.939. The lowest BCUT2D eigenvalue weighted by atomic mass is 10.1. The monoisotopic (exact) mass is 183 g/mol. The topological polar surface area (TPSA) is 40.5 Å². The Balaban J connectivity index is 4.44. The third-order valence-electron chi connectivity index (χ3n) is 1.51. The van der Waals surface area contributed by atoms with Gasteiger partial charge in [-0.3, -0.25) is 4.79 Å². The second kappa shape index (κ2) is 4.82. The molecule has 0 aromatic rings. The van der Waals surface area contributed by atoms with Gasteiger partial charge in [0.2, 0.25) is 0 Å². The molecule has 0 aliphatic rings. The minimum atomic E-state index is -1.33. The number of amides is 1. The van der Waals surface area contributed by atoms with E-state index >= 15 is 0 Å². The van der Waals surface area contributed by atoms with Gasteiger partial charge < -0.3 is 10.0 Å². The normalized spacial score (nSPS) is 10.7. The Morgan fingerprint density at radius 3 is 2.00 bits per heavy atom. The maximum absolute atomic E-state index is 11.5. The molecule has 0 aromatic heterocycles. The molecule has 13 heavy (non-hydrogen) atoms. The standard InChI is InChI=1S/C10H17NO2/c1-5-7-11(8-6-2)9(12)10(3,4)13/h5-6,13H,1-2,7-8H2,3-4H3. The van der Waals surface area contributed by atoms with E-state index < -0.39 is 5.60 Å². The molecule has 74 valence electrons. The van der Waals surface area contributed by atoms with Crippen molar-refractivity contribution in [3.05, 3.63) is 25.3 Å². The van der Waals surface area contributed by atoms with E-state index in [-0.39, 0.29) is 5.91 Å². The maximum atomic E-state index is 11.5. The van der Waals surface area contributed by atoms with Gasteiger partial charge in [0.25, 0.3) is 5.91 Å². The van der Waals surface area contributed by atoms with E-state index in [1.807, 2.05) is 0 Å². The molecule has 0 bridgehead atoms. The quantitative estimate of drug-likeness (QED) is 0.645. The van der Waals surface area contributed by atoms with Crippen LogP contribution in [0.3, 0.4) is 0 Å². The molecule has 0 rings (SSSR count). The number of hydrogen-bond acceptors (Lipinski definition) is 2. The second-order valence-electron chi connectivity index (χ2n) is 3.35. The molecule has 0 saturated heterocycles. The average Bonchev–Trinajstić information content (AvgIpc) is 2.01. The largest absolute Gasteiger partial charge is 0.381 e. The van der Waals surface area contributed by atoms with Gasteiger partial charge in [-0.25, -0.2) is 0 Å². The van der Waals surface area contributed by atoms with Crippen LogP contribution in [-0.4, -0.2) is 34.6 Å². The van der Waals surface area contributed by atoms with Gasteiger partial charge in [0.05, 0.1) is 0 Å². The molecule has 0 spiro atoms. The molecule has 0 heterocycles. The fraction of sp³-hybridized carbons (Fsp3) is 0.500. The Morgan fingerprint density at radius 2 is 1.77 bits per heavy atom. The van der Waals surface area contributed by atoms with E-state index in [1.165, 1.54) is 18.7 Å². The van der Waals surface area contributed by atoms with Crippen molar-refractivity contribution < 1.29 is 9.90 Å². The maximum Gasteiger partial charge on any atom is 0.254 e. The van der Waals surface area contributed by atoms with Crippen LogP contribution in [0.15, 0.2) is 25.3 Å². The third kappa shape index (κ3) is 3.90. The molecule has 0 atom stereocenters. The predicted octanol–water partition coefficient (Wildman–Crippen LogP) is 0.958. The van der Waals surface area contributed by atoms with Crippen molar-refractivity contribution in [2.24, 2.45) is 0 Å². The zero-order chi connectivity index (χ0) is 10.5. The number of hydrogen-bond donors (Lipinski definition) is 1. The lowest BCUT2D eigenvalue weighted by molar-refractivity contribution is -0.146.